The molecule has 0 saturated carbocycles. The second-order valence-electron chi connectivity index (χ2n) is 4.94. The van der Waals surface area contributed by atoms with Crippen molar-refractivity contribution in [1.29, 1.82) is 0 Å². The van der Waals surface area contributed by atoms with Gasteiger partial charge in [0.2, 0.25) is 5.78 Å². The number of ketones is 1. The van der Waals surface area contributed by atoms with E-state index in [2.05, 4.69) is 10.2 Å². The van der Waals surface area contributed by atoms with Gasteiger partial charge in [-0.1, -0.05) is 30.3 Å². The van der Waals surface area contributed by atoms with Crippen LogP contribution < -0.4 is 0 Å². The number of hydrogen-bond acceptors (Lipinski definition) is 5. The first-order chi connectivity index (χ1) is 11.1. The lowest BCUT2D eigenvalue weighted by atomic mass is 10.1. The van der Waals surface area contributed by atoms with Crippen LogP contribution in [0.2, 0.25) is 0 Å². The molecule has 6 nitrogen and oxygen atoms in total. The number of benzene rings is 1. The zero-order valence-electron chi connectivity index (χ0n) is 12.4. The van der Waals surface area contributed by atoms with Gasteiger partial charge in [0.1, 0.15) is 11.5 Å². The molecule has 0 saturated heterocycles. The van der Waals surface area contributed by atoms with E-state index in [1.165, 1.54) is 0 Å². The molecule has 0 radical (unpaired) electrons. The molecule has 3 rings (SSSR count). The summed E-state index contributed by atoms with van der Waals surface area (Å²) in [4.78, 5) is 23.8. The lowest BCUT2D eigenvalue weighted by molar-refractivity contribution is 0.0462. The van der Waals surface area contributed by atoms with E-state index in [-0.39, 0.29) is 18.1 Å². The van der Waals surface area contributed by atoms with Gasteiger partial charge in [0, 0.05) is 5.56 Å². The summed E-state index contributed by atoms with van der Waals surface area (Å²) in [6.45, 7) is 1.35. The molecule has 0 atom stereocenters. The number of carbonyl (C=O) groups is 2. The van der Waals surface area contributed by atoms with Crippen LogP contribution in [0.4, 0.5) is 0 Å². The Morgan fingerprint density at radius 3 is 2.65 bits per heavy atom. The average Bonchev–Trinajstić information content (AvgIpc) is 3.22. The molecule has 0 amide bonds. The molecule has 0 aliphatic heterocycles. The minimum Gasteiger partial charge on any atom is -0.458 e. The molecule has 0 aliphatic carbocycles. The molecular formula is C17H14N2O4. The normalized spacial score (nSPS) is 10.5. The zero-order chi connectivity index (χ0) is 16.2. The number of H-pyrrole nitrogens is 1. The van der Waals surface area contributed by atoms with Crippen molar-refractivity contribution in [2.45, 2.75) is 6.92 Å². The van der Waals surface area contributed by atoms with Gasteiger partial charge >= 0.3 is 5.97 Å². The number of nitrogens with zero attached hydrogens (tertiary/aromatic N) is 1. The average molecular weight is 310 g/mol. The fourth-order valence-electron chi connectivity index (χ4n) is 2.05. The molecule has 116 valence electrons. The molecule has 2 heterocycles. The number of aromatic amines is 1. The number of furan rings is 1. The number of rotatable bonds is 5. The van der Waals surface area contributed by atoms with Crippen LogP contribution in [0.1, 0.15) is 26.8 Å². The number of carbonyl (C=O) groups excluding carboxylic acids is 2. The summed E-state index contributed by atoms with van der Waals surface area (Å²) in [6.07, 6.45) is 0. The van der Waals surface area contributed by atoms with Gasteiger partial charge in [0.05, 0.1) is 5.69 Å². The van der Waals surface area contributed by atoms with Crippen molar-refractivity contribution in [2.24, 2.45) is 0 Å². The zero-order valence-corrected chi connectivity index (χ0v) is 12.4. The molecule has 23 heavy (non-hydrogen) atoms. The molecule has 1 N–H and O–H groups in total. The van der Waals surface area contributed by atoms with Crippen LogP contribution in [0, 0.1) is 6.92 Å². The van der Waals surface area contributed by atoms with E-state index in [1.807, 2.05) is 30.3 Å². The van der Waals surface area contributed by atoms with Gasteiger partial charge in [-0.05, 0) is 25.1 Å². The molecule has 0 bridgehead atoms. The summed E-state index contributed by atoms with van der Waals surface area (Å²) in [5.41, 5.74) is 1.70. The minimum absolute atomic E-state index is 0.171. The van der Waals surface area contributed by atoms with Crippen molar-refractivity contribution >= 4 is 11.8 Å². The fraction of sp³-hybridized carbons (Fsp3) is 0.118. The maximum atomic E-state index is 12.0. The van der Waals surface area contributed by atoms with Crippen LogP contribution in [0.3, 0.4) is 0 Å². The highest BCUT2D eigenvalue weighted by atomic mass is 16.5. The van der Waals surface area contributed by atoms with Gasteiger partial charge in [-0.25, -0.2) is 4.79 Å². The molecule has 3 aromatic rings. The Bertz CT molecular complexity index is 833. The predicted molar refractivity (Wildman–Crippen MR) is 82.1 cm³/mol. The Hall–Kier alpha value is -3.15. The molecule has 0 fully saturated rings. The first-order valence-electron chi connectivity index (χ1n) is 7.01. The SMILES string of the molecule is Cc1ccc(C(=O)COC(=O)c2cc(-c3ccccc3)n[nH]2)o1. The number of nitrogens with one attached hydrogen (secondary N) is 1. The van der Waals surface area contributed by atoms with Crippen LogP contribution in [0.25, 0.3) is 11.3 Å². The van der Waals surface area contributed by atoms with Crippen molar-refractivity contribution in [3.8, 4) is 11.3 Å². The maximum Gasteiger partial charge on any atom is 0.356 e. The summed E-state index contributed by atoms with van der Waals surface area (Å²) < 4.78 is 10.2. The highest BCUT2D eigenvalue weighted by molar-refractivity contribution is 5.97. The molecule has 0 spiro atoms. The lowest BCUT2D eigenvalue weighted by Crippen LogP contribution is -2.14. The second-order valence-corrected chi connectivity index (χ2v) is 4.94. The number of aryl methyl sites for hydroxylation is 1. The molecule has 0 unspecified atom stereocenters. The summed E-state index contributed by atoms with van der Waals surface area (Å²) in [7, 11) is 0. The highest BCUT2D eigenvalue weighted by Gasteiger charge is 2.16. The second kappa shape index (κ2) is 6.31. The molecule has 0 aliphatic rings. The largest absolute Gasteiger partial charge is 0.458 e. The third-order valence-electron chi connectivity index (χ3n) is 3.22. The monoisotopic (exact) mass is 310 g/mol. The van der Waals surface area contributed by atoms with Gasteiger partial charge in [0.25, 0.3) is 0 Å². The fourth-order valence-corrected chi connectivity index (χ4v) is 2.05. The Morgan fingerprint density at radius 2 is 1.96 bits per heavy atom. The van der Waals surface area contributed by atoms with Gasteiger partial charge < -0.3 is 9.15 Å². The van der Waals surface area contributed by atoms with E-state index in [9.17, 15) is 9.59 Å². The summed E-state index contributed by atoms with van der Waals surface area (Å²) in [5.74, 6) is -0.240. The van der Waals surface area contributed by atoms with Gasteiger partial charge in [-0.3, -0.25) is 9.89 Å². The Morgan fingerprint density at radius 1 is 1.17 bits per heavy atom. The number of hydrogen-bond donors (Lipinski definition) is 1. The molecule has 6 heteroatoms. The van der Waals surface area contributed by atoms with E-state index in [1.54, 1.807) is 25.1 Å². The third-order valence-corrected chi connectivity index (χ3v) is 3.22. The number of ether oxygens (including phenoxy) is 1. The predicted octanol–water partition coefficient (Wildman–Crippen LogP) is 3.02. The molecule has 2 aromatic heterocycles. The van der Waals surface area contributed by atoms with Crippen molar-refractivity contribution in [3.63, 3.8) is 0 Å². The van der Waals surface area contributed by atoms with Crippen LogP contribution in [-0.4, -0.2) is 28.6 Å². The topological polar surface area (TPSA) is 85.2 Å². The van der Waals surface area contributed by atoms with E-state index < -0.39 is 11.8 Å². The van der Waals surface area contributed by atoms with Crippen molar-refractivity contribution in [3.05, 3.63) is 65.7 Å². The molecule has 1 aromatic carbocycles. The van der Waals surface area contributed by atoms with Gasteiger partial charge in [0.15, 0.2) is 12.4 Å². The molecular weight excluding hydrogens is 296 g/mol. The van der Waals surface area contributed by atoms with E-state index >= 15 is 0 Å². The quantitative estimate of drug-likeness (QED) is 0.578. The van der Waals surface area contributed by atoms with Gasteiger partial charge in [-0.2, -0.15) is 5.10 Å². The Labute approximate surface area is 132 Å². The van der Waals surface area contributed by atoms with Crippen LogP contribution in [0.5, 0.6) is 0 Å². The first kappa shape index (κ1) is 14.8. The number of Topliss-reactive ketones (excluding diaryl/α,β-unsaturated/α-hetero) is 1. The van der Waals surface area contributed by atoms with E-state index in [0.717, 1.165) is 5.56 Å². The summed E-state index contributed by atoms with van der Waals surface area (Å²) >= 11 is 0. The van der Waals surface area contributed by atoms with Crippen LogP contribution in [-0.2, 0) is 4.74 Å². The van der Waals surface area contributed by atoms with Crippen LogP contribution in [0.15, 0.2) is 52.9 Å². The maximum absolute atomic E-state index is 12.0. The Balaban J connectivity index is 1.63. The Kier molecular flexibility index (Phi) is 4.05. The lowest BCUT2D eigenvalue weighted by Gasteiger charge is -2.00. The highest BCUT2D eigenvalue weighted by Crippen LogP contribution is 2.17. The van der Waals surface area contributed by atoms with Crippen molar-refractivity contribution in [2.75, 3.05) is 6.61 Å². The minimum atomic E-state index is -0.642. The van der Waals surface area contributed by atoms with E-state index in [4.69, 9.17) is 9.15 Å². The first-order valence-corrected chi connectivity index (χ1v) is 7.01. The summed E-state index contributed by atoms with van der Waals surface area (Å²) in [5, 5.41) is 6.68. The van der Waals surface area contributed by atoms with E-state index in [0.29, 0.717) is 11.5 Å². The number of aromatic nitrogens is 2. The van der Waals surface area contributed by atoms with Crippen molar-refractivity contribution < 1.29 is 18.7 Å². The smallest absolute Gasteiger partial charge is 0.356 e. The standard InChI is InChI=1S/C17H14N2O4/c1-11-7-8-16(23-11)15(20)10-22-17(21)14-9-13(18-19-14)12-5-3-2-4-6-12/h2-9H,10H2,1H3,(H,18,19). The van der Waals surface area contributed by atoms with Crippen LogP contribution >= 0.6 is 0 Å². The van der Waals surface area contributed by atoms with Gasteiger partial charge in [-0.15, -0.1) is 0 Å². The third kappa shape index (κ3) is 3.37. The number of esters is 1. The summed E-state index contributed by atoms with van der Waals surface area (Å²) in [6, 6.07) is 14.2. The van der Waals surface area contributed by atoms with Crippen molar-refractivity contribution in [1.82, 2.24) is 10.2 Å².